The minimum absolute atomic E-state index is 0.0255. The summed E-state index contributed by atoms with van der Waals surface area (Å²) in [4.78, 5) is 22.5. The van der Waals surface area contributed by atoms with Crippen LogP contribution in [0.15, 0.2) is 16.5 Å². The van der Waals surface area contributed by atoms with Gasteiger partial charge in [-0.25, -0.2) is 4.79 Å². The second kappa shape index (κ2) is 5.68. The van der Waals surface area contributed by atoms with Gasteiger partial charge in [0, 0.05) is 19.3 Å². The molecule has 1 aromatic rings. The first-order chi connectivity index (χ1) is 8.66. The van der Waals surface area contributed by atoms with E-state index in [1.54, 1.807) is 0 Å². The fourth-order valence-electron chi connectivity index (χ4n) is 1.88. The van der Waals surface area contributed by atoms with Crippen LogP contribution in [-0.4, -0.2) is 36.2 Å². The Morgan fingerprint density at radius 3 is 2.72 bits per heavy atom. The van der Waals surface area contributed by atoms with Crippen molar-refractivity contribution < 1.29 is 23.8 Å². The summed E-state index contributed by atoms with van der Waals surface area (Å²) in [7, 11) is 0. The Labute approximate surface area is 104 Å². The van der Waals surface area contributed by atoms with E-state index < -0.39 is 5.97 Å². The normalized spacial score (nSPS) is 20.1. The zero-order valence-corrected chi connectivity index (χ0v) is 9.85. The topological polar surface area (TPSA) is 88.8 Å². The molecule has 0 saturated carbocycles. The first-order valence-corrected chi connectivity index (χ1v) is 5.88. The number of nitrogens with one attached hydrogen (secondary N) is 1. The van der Waals surface area contributed by atoms with Crippen LogP contribution in [-0.2, 0) is 4.74 Å². The number of hydrogen-bond donors (Lipinski definition) is 2. The Hall–Kier alpha value is -1.82. The molecule has 0 radical (unpaired) electrons. The summed E-state index contributed by atoms with van der Waals surface area (Å²) in [5, 5.41) is 11.5. The molecule has 1 amide bonds. The van der Waals surface area contributed by atoms with Gasteiger partial charge in [-0.15, -0.1) is 0 Å². The van der Waals surface area contributed by atoms with Gasteiger partial charge in [-0.1, -0.05) is 0 Å². The van der Waals surface area contributed by atoms with Gasteiger partial charge in [0.1, 0.15) is 0 Å². The van der Waals surface area contributed by atoms with Crippen molar-refractivity contribution in [3.63, 3.8) is 0 Å². The molecule has 18 heavy (non-hydrogen) atoms. The third kappa shape index (κ3) is 3.10. The van der Waals surface area contributed by atoms with E-state index in [0.29, 0.717) is 6.61 Å². The summed E-state index contributed by atoms with van der Waals surface area (Å²) < 4.78 is 10.2. The van der Waals surface area contributed by atoms with Gasteiger partial charge in [-0.05, 0) is 31.4 Å². The van der Waals surface area contributed by atoms with Gasteiger partial charge in [0.05, 0.1) is 0 Å². The number of carboxylic acid groups (broad SMARTS) is 1. The van der Waals surface area contributed by atoms with Gasteiger partial charge in [0.25, 0.3) is 5.91 Å². The number of furan rings is 1. The highest BCUT2D eigenvalue weighted by molar-refractivity contribution is 5.93. The molecule has 2 heterocycles. The predicted molar refractivity (Wildman–Crippen MR) is 61.6 cm³/mol. The lowest BCUT2D eigenvalue weighted by molar-refractivity contribution is 0.0659. The molecule has 0 aromatic carbocycles. The van der Waals surface area contributed by atoms with E-state index >= 15 is 0 Å². The van der Waals surface area contributed by atoms with Crippen LogP contribution in [0.2, 0.25) is 0 Å². The maximum absolute atomic E-state index is 11.8. The highest BCUT2D eigenvalue weighted by Crippen LogP contribution is 2.11. The molecule has 1 unspecified atom stereocenters. The van der Waals surface area contributed by atoms with Crippen molar-refractivity contribution >= 4 is 11.9 Å². The SMILES string of the molecule is O=C(O)c1ccc(C(=O)NC2CCCOCC2)o1. The Morgan fingerprint density at radius 1 is 1.22 bits per heavy atom. The number of hydrogen-bond acceptors (Lipinski definition) is 4. The summed E-state index contributed by atoms with van der Waals surface area (Å²) in [6.07, 6.45) is 2.53. The molecule has 6 nitrogen and oxygen atoms in total. The van der Waals surface area contributed by atoms with Crippen LogP contribution >= 0.6 is 0 Å². The van der Waals surface area contributed by atoms with E-state index in [4.69, 9.17) is 14.3 Å². The van der Waals surface area contributed by atoms with Crippen LogP contribution in [0.5, 0.6) is 0 Å². The van der Waals surface area contributed by atoms with Crippen LogP contribution in [0.25, 0.3) is 0 Å². The van der Waals surface area contributed by atoms with Crippen molar-refractivity contribution in [2.75, 3.05) is 13.2 Å². The fraction of sp³-hybridized carbons (Fsp3) is 0.500. The number of aromatic carboxylic acids is 1. The van der Waals surface area contributed by atoms with Gasteiger partial charge in [0.15, 0.2) is 5.76 Å². The number of carbonyl (C=O) groups is 2. The van der Waals surface area contributed by atoms with E-state index in [1.165, 1.54) is 12.1 Å². The largest absolute Gasteiger partial charge is 0.475 e. The van der Waals surface area contributed by atoms with E-state index in [1.807, 2.05) is 0 Å². The van der Waals surface area contributed by atoms with Crippen LogP contribution < -0.4 is 5.32 Å². The summed E-state index contributed by atoms with van der Waals surface area (Å²) in [5.41, 5.74) is 0. The van der Waals surface area contributed by atoms with Crippen molar-refractivity contribution in [3.8, 4) is 0 Å². The number of ether oxygens (including phenoxy) is 1. The number of carboxylic acids is 1. The smallest absolute Gasteiger partial charge is 0.371 e. The van der Waals surface area contributed by atoms with Crippen molar-refractivity contribution in [1.29, 1.82) is 0 Å². The van der Waals surface area contributed by atoms with Gasteiger partial charge in [-0.3, -0.25) is 4.79 Å². The van der Waals surface area contributed by atoms with Crippen LogP contribution in [0, 0.1) is 0 Å². The second-order valence-electron chi connectivity index (χ2n) is 4.18. The average Bonchev–Trinajstić information content (AvgIpc) is 2.70. The molecule has 1 aliphatic rings. The minimum atomic E-state index is -1.18. The predicted octanol–water partition coefficient (Wildman–Crippen LogP) is 1.28. The van der Waals surface area contributed by atoms with Gasteiger partial charge in [-0.2, -0.15) is 0 Å². The standard InChI is InChI=1S/C12H15NO5/c14-11(9-3-4-10(18-9)12(15)16)13-8-2-1-6-17-7-5-8/h3-4,8H,1-2,5-7H2,(H,13,14)(H,15,16). The lowest BCUT2D eigenvalue weighted by Gasteiger charge is -2.14. The summed E-state index contributed by atoms with van der Waals surface area (Å²) in [6, 6.07) is 2.69. The molecule has 2 rings (SSSR count). The van der Waals surface area contributed by atoms with Crippen LogP contribution in [0.1, 0.15) is 40.4 Å². The summed E-state index contributed by atoms with van der Waals surface area (Å²) in [5.74, 6) is -1.77. The van der Waals surface area contributed by atoms with Crippen molar-refractivity contribution in [2.24, 2.45) is 0 Å². The minimum Gasteiger partial charge on any atom is -0.475 e. The van der Waals surface area contributed by atoms with Gasteiger partial charge < -0.3 is 19.6 Å². The van der Waals surface area contributed by atoms with Crippen molar-refractivity contribution in [3.05, 3.63) is 23.7 Å². The van der Waals surface area contributed by atoms with Crippen LogP contribution in [0.4, 0.5) is 0 Å². The number of carbonyl (C=O) groups excluding carboxylic acids is 1. The Balaban J connectivity index is 1.95. The molecule has 1 aliphatic heterocycles. The second-order valence-corrected chi connectivity index (χ2v) is 4.18. The van der Waals surface area contributed by atoms with E-state index in [2.05, 4.69) is 5.32 Å². The molecule has 98 valence electrons. The third-order valence-corrected chi connectivity index (χ3v) is 2.83. The quantitative estimate of drug-likeness (QED) is 0.847. The summed E-state index contributed by atoms with van der Waals surface area (Å²) in [6.45, 7) is 1.35. The highest BCUT2D eigenvalue weighted by Gasteiger charge is 2.19. The highest BCUT2D eigenvalue weighted by atomic mass is 16.5. The molecule has 1 aromatic heterocycles. The number of amides is 1. The number of rotatable bonds is 3. The zero-order valence-electron chi connectivity index (χ0n) is 9.85. The molecule has 0 bridgehead atoms. The Bertz CT molecular complexity index is 431. The van der Waals surface area contributed by atoms with E-state index in [0.717, 1.165) is 25.9 Å². The maximum Gasteiger partial charge on any atom is 0.371 e. The maximum atomic E-state index is 11.8. The molecule has 0 spiro atoms. The Kier molecular flexibility index (Phi) is 3.99. The molecule has 6 heteroatoms. The zero-order chi connectivity index (χ0) is 13.0. The van der Waals surface area contributed by atoms with Gasteiger partial charge in [0.2, 0.25) is 5.76 Å². The summed E-state index contributed by atoms with van der Waals surface area (Å²) >= 11 is 0. The van der Waals surface area contributed by atoms with Gasteiger partial charge >= 0.3 is 5.97 Å². The first-order valence-electron chi connectivity index (χ1n) is 5.88. The molecule has 0 aliphatic carbocycles. The lowest BCUT2D eigenvalue weighted by atomic mass is 10.1. The average molecular weight is 253 g/mol. The molecule has 1 fully saturated rings. The van der Waals surface area contributed by atoms with E-state index in [-0.39, 0.29) is 23.5 Å². The van der Waals surface area contributed by atoms with Crippen molar-refractivity contribution in [1.82, 2.24) is 5.32 Å². The lowest BCUT2D eigenvalue weighted by Crippen LogP contribution is -2.34. The monoisotopic (exact) mass is 253 g/mol. The fourth-order valence-corrected chi connectivity index (χ4v) is 1.88. The Morgan fingerprint density at radius 2 is 2.00 bits per heavy atom. The molecule has 2 N–H and O–H groups in total. The molecular weight excluding hydrogens is 238 g/mol. The third-order valence-electron chi connectivity index (χ3n) is 2.83. The van der Waals surface area contributed by atoms with Crippen LogP contribution in [0.3, 0.4) is 0 Å². The molecular formula is C12H15NO5. The molecule has 1 atom stereocenters. The molecule has 1 saturated heterocycles. The van der Waals surface area contributed by atoms with E-state index in [9.17, 15) is 9.59 Å². The van der Waals surface area contributed by atoms with Crippen molar-refractivity contribution in [2.45, 2.75) is 25.3 Å². The first kappa shape index (κ1) is 12.6.